The van der Waals surface area contributed by atoms with Gasteiger partial charge in [0, 0.05) is 69.5 Å². The van der Waals surface area contributed by atoms with Gasteiger partial charge in [0.2, 0.25) is 0 Å². The van der Waals surface area contributed by atoms with Crippen LogP contribution in [0, 0.1) is 10.8 Å². The first-order valence-corrected chi connectivity index (χ1v) is 13.5. The van der Waals surface area contributed by atoms with E-state index in [1.807, 2.05) is 17.0 Å². The molecule has 43 heavy (non-hydrogen) atoms. The molecule has 0 saturated carbocycles. The third-order valence-corrected chi connectivity index (χ3v) is 7.20. The lowest BCUT2D eigenvalue weighted by Crippen LogP contribution is -2.49. The van der Waals surface area contributed by atoms with Crippen molar-refractivity contribution in [2.45, 2.75) is 12.6 Å². The number of aromatic nitrogens is 2. The van der Waals surface area contributed by atoms with E-state index in [2.05, 4.69) is 25.5 Å². The molecule has 4 N–H and O–H groups in total. The van der Waals surface area contributed by atoms with Gasteiger partial charge in [0.05, 0.1) is 13.3 Å². The van der Waals surface area contributed by atoms with Crippen molar-refractivity contribution in [3.63, 3.8) is 0 Å². The number of imide groups is 1. The van der Waals surface area contributed by atoms with Crippen molar-refractivity contribution in [3.05, 3.63) is 77.1 Å². The van der Waals surface area contributed by atoms with Crippen molar-refractivity contribution in [2.75, 3.05) is 45.2 Å². The van der Waals surface area contributed by atoms with Crippen LogP contribution in [0.3, 0.4) is 0 Å². The van der Waals surface area contributed by atoms with Crippen LogP contribution in [-0.4, -0.2) is 90.0 Å². The minimum atomic E-state index is -0.878. The van der Waals surface area contributed by atoms with Crippen LogP contribution in [0.2, 0.25) is 0 Å². The Morgan fingerprint density at radius 3 is 2.56 bits per heavy atom. The van der Waals surface area contributed by atoms with Crippen LogP contribution in [0.4, 0.5) is 10.6 Å². The third-order valence-electron chi connectivity index (χ3n) is 7.20. The number of ether oxygens (including phenoxy) is 1. The van der Waals surface area contributed by atoms with E-state index in [9.17, 15) is 14.4 Å². The van der Waals surface area contributed by atoms with Crippen LogP contribution in [0.5, 0.6) is 5.75 Å². The molecule has 6 rings (SSSR count). The molecular formula is C29H31N9O5. The molecule has 1 aromatic carbocycles. The van der Waals surface area contributed by atoms with Crippen LogP contribution >= 0.6 is 0 Å². The SMILES string of the molecule is COc1ccc2c(c1)C(=O)N(C)C2.N=C/C(=C\c1ccc(C2NC(=O)NC2=O)o1)C(=N)N1CCN(c2cnccn2)CC1. The number of anilines is 1. The minimum Gasteiger partial charge on any atom is -0.497 e. The molecule has 0 radical (unpaired) electrons. The fourth-order valence-corrected chi connectivity index (χ4v) is 4.90. The standard InChI is InChI=1S/C19H20N8O3.C10H11NO2/c20-10-12(9-13-1-2-14(30-13)16-18(28)25-19(29)24-16)17(21)27-7-5-26(6-8-27)15-11-22-3-4-23-15;1-11-6-7-3-4-8(13-2)5-9(7)10(11)12/h1-4,9-11,16,20-21H,5-8H2,(H2,24,25,28,29);3-5H,6H2,1-2H3/b12-9+,20-10?,21-17?;. The van der Waals surface area contributed by atoms with Gasteiger partial charge in [-0.2, -0.15) is 0 Å². The Hall–Kier alpha value is -5.53. The molecule has 3 aliphatic heterocycles. The van der Waals surface area contributed by atoms with Crippen molar-refractivity contribution in [2.24, 2.45) is 0 Å². The summed E-state index contributed by atoms with van der Waals surface area (Å²) >= 11 is 0. The molecule has 2 fully saturated rings. The monoisotopic (exact) mass is 585 g/mol. The predicted octanol–water partition coefficient (Wildman–Crippen LogP) is 2.06. The van der Waals surface area contributed by atoms with Gasteiger partial charge in [0.1, 0.15) is 28.9 Å². The summed E-state index contributed by atoms with van der Waals surface area (Å²) in [6.07, 6.45) is 7.67. The van der Waals surface area contributed by atoms with Crippen molar-refractivity contribution in [1.82, 2.24) is 30.4 Å². The van der Waals surface area contributed by atoms with Gasteiger partial charge in [-0.05, 0) is 35.9 Å². The summed E-state index contributed by atoms with van der Waals surface area (Å²) in [4.78, 5) is 48.6. The van der Waals surface area contributed by atoms with E-state index in [4.69, 9.17) is 20.0 Å². The number of carbonyl (C=O) groups excluding carboxylic acids is 3. The Bertz CT molecular complexity index is 1580. The molecule has 2 aromatic heterocycles. The molecule has 5 heterocycles. The lowest BCUT2D eigenvalue weighted by Gasteiger charge is -2.36. The Kier molecular flexibility index (Phi) is 8.46. The van der Waals surface area contributed by atoms with E-state index >= 15 is 0 Å². The number of piperazine rings is 1. The van der Waals surface area contributed by atoms with Gasteiger partial charge in [0.25, 0.3) is 11.8 Å². The zero-order valence-corrected chi connectivity index (χ0v) is 23.7. The van der Waals surface area contributed by atoms with E-state index in [1.54, 1.807) is 61.9 Å². The van der Waals surface area contributed by atoms with Crippen LogP contribution in [0.25, 0.3) is 6.08 Å². The third kappa shape index (κ3) is 6.37. The van der Waals surface area contributed by atoms with Gasteiger partial charge in [-0.15, -0.1) is 0 Å². The lowest BCUT2D eigenvalue weighted by molar-refractivity contribution is -0.120. The average molecular weight is 586 g/mol. The predicted molar refractivity (Wildman–Crippen MR) is 157 cm³/mol. The number of methoxy groups -OCH3 is 1. The highest BCUT2D eigenvalue weighted by molar-refractivity contribution is 6.16. The maximum absolute atomic E-state index is 11.8. The van der Waals surface area contributed by atoms with E-state index < -0.39 is 18.0 Å². The van der Waals surface area contributed by atoms with Gasteiger partial charge in [0.15, 0.2) is 6.04 Å². The highest BCUT2D eigenvalue weighted by Crippen LogP contribution is 2.25. The average Bonchev–Trinajstić information content (AvgIpc) is 3.72. The number of benzene rings is 1. The fourth-order valence-electron chi connectivity index (χ4n) is 4.90. The molecule has 3 aromatic rings. The maximum atomic E-state index is 11.8. The number of urea groups is 1. The number of nitrogens with zero attached hydrogens (tertiary/aromatic N) is 5. The van der Waals surface area contributed by atoms with Crippen LogP contribution < -0.4 is 20.3 Å². The molecule has 1 unspecified atom stereocenters. The number of carbonyl (C=O) groups is 3. The maximum Gasteiger partial charge on any atom is 0.322 e. The quantitative estimate of drug-likeness (QED) is 0.191. The van der Waals surface area contributed by atoms with E-state index in [-0.39, 0.29) is 17.5 Å². The summed E-state index contributed by atoms with van der Waals surface area (Å²) in [7, 11) is 3.40. The van der Waals surface area contributed by atoms with Gasteiger partial charge < -0.3 is 34.6 Å². The number of furan rings is 1. The largest absolute Gasteiger partial charge is 0.497 e. The normalized spacial score (nSPS) is 18.0. The molecule has 0 bridgehead atoms. The van der Waals surface area contributed by atoms with Gasteiger partial charge >= 0.3 is 6.03 Å². The fraction of sp³-hybridized carbons (Fsp3) is 0.276. The second-order valence-electron chi connectivity index (χ2n) is 9.95. The minimum absolute atomic E-state index is 0.0777. The van der Waals surface area contributed by atoms with Crippen molar-refractivity contribution in [1.29, 1.82) is 10.8 Å². The summed E-state index contributed by atoms with van der Waals surface area (Å²) in [5.74, 6) is 2.03. The highest BCUT2D eigenvalue weighted by atomic mass is 16.5. The zero-order chi connectivity index (χ0) is 30.5. The summed E-state index contributed by atoms with van der Waals surface area (Å²) in [6.45, 7) is 3.30. The zero-order valence-electron chi connectivity index (χ0n) is 23.7. The molecule has 3 aliphatic rings. The molecule has 0 aliphatic carbocycles. The van der Waals surface area contributed by atoms with Crippen molar-refractivity contribution in [3.8, 4) is 5.75 Å². The Morgan fingerprint density at radius 1 is 1.12 bits per heavy atom. The van der Waals surface area contributed by atoms with Gasteiger partial charge in [-0.3, -0.25) is 25.3 Å². The number of rotatable bonds is 6. The highest BCUT2D eigenvalue weighted by Gasteiger charge is 2.33. The van der Waals surface area contributed by atoms with E-state index in [0.29, 0.717) is 44.1 Å². The first-order valence-electron chi connectivity index (χ1n) is 13.5. The number of hydrogen-bond acceptors (Lipinski definition) is 10. The first-order chi connectivity index (χ1) is 20.8. The molecular weight excluding hydrogens is 554 g/mol. The Balaban J connectivity index is 0.000000235. The summed E-state index contributed by atoms with van der Waals surface area (Å²) in [6, 6.07) is 7.39. The van der Waals surface area contributed by atoms with Crippen LogP contribution in [-0.2, 0) is 11.3 Å². The molecule has 2 saturated heterocycles. The molecule has 222 valence electrons. The summed E-state index contributed by atoms with van der Waals surface area (Å²) in [5.41, 5.74) is 2.22. The number of hydrogen-bond donors (Lipinski definition) is 4. The summed E-state index contributed by atoms with van der Waals surface area (Å²) in [5, 5.41) is 20.8. The summed E-state index contributed by atoms with van der Waals surface area (Å²) < 4.78 is 10.7. The topological polar surface area (TPSA) is 181 Å². The number of amides is 4. The molecule has 0 spiro atoms. The van der Waals surface area contributed by atoms with Crippen LogP contribution in [0.1, 0.15) is 33.5 Å². The Labute approximate surface area is 247 Å². The van der Waals surface area contributed by atoms with Crippen LogP contribution in [0.15, 0.2) is 58.9 Å². The second-order valence-corrected chi connectivity index (χ2v) is 9.95. The molecule has 14 heteroatoms. The number of nitrogens with one attached hydrogen (secondary N) is 4. The van der Waals surface area contributed by atoms with E-state index in [1.165, 1.54) is 0 Å². The molecule has 4 amide bonds. The number of amidine groups is 1. The van der Waals surface area contributed by atoms with Crippen molar-refractivity contribution < 1.29 is 23.5 Å². The van der Waals surface area contributed by atoms with Gasteiger partial charge in [-0.25, -0.2) is 9.78 Å². The van der Waals surface area contributed by atoms with Gasteiger partial charge in [-0.1, -0.05) is 6.07 Å². The Morgan fingerprint density at radius 2 is 1.91 bits per heavy atom. The van der Waals surface area contributed by atoms with E-state index in [0.717, 1.165) is 28.9 Å². The first kappa shape index (κ1) is 29.0. The van der Waals surface area contributed by atoms with Crippen molar-refractivity contribution >= 4 is 41.8 Å². The number of fused-ring (bicyclic) bond motifs is 1. The lowest BCUT2D eigenvalue weighted by atomic mass is 10.1. The smallest absolute Gasteiger partial charge is 0.322 e. The second kappa shape index (κ2) is 12.5. The molecule has 14 nitrogen and oxygen atoms in total. The molecule has 1 atom stereocenters.